The summed E-state index contributed by atoms with van der Waals surface area (Å²) in [6.07, 6.45) is -3.02. The molecule has 7 nitrogen and oxygen atoms in total. The smallest absolute Gasteiger partial charge is 0.348 e. The Kier molecular flexibility index (Phi) is 6.17. The summed E-state index contributed by atoms with van der Waals surface area (Å²) in [6, 6.07) is 17.8. The molecule has 1 aliphatic heterocycles. The molecule has 5 rings (SSSR count). The van der Waals surface area contributed by atoms with Gasteiger partial charge in [0, 0.05) is 32.4 Å². The average molecular weight is 493 g/mol. The Morgan fingerprint density at radius 3 is 2.31 bits per heavy atom. The number of hydrogen-bond acceptors (Lipinski definition) is 5. The first-order chi connectivity index (χ1) is 17.3. The first kappa shape index (κ1) is 23.5. The Morgan fingerprint density at radius 1 is 0.889 bits per heavy atom. The number of benzene rings is 2. The molecule has 0 aliphatic carbocycles. The van der Waals surface area contributed by atoms with Crippen molar-refractivity contribution < 1.29 is 18.0 Å². The predicted molar refractivity (Wildman–Crippen MR) is 129 cm³/mol. The van der Waals surface area contributed by atoms with E-state index in [0.717, 1.165) is 11.6 Å². The zero-order chi connectivity index (χ0) is 25.3. The zero-order valence-electron chi connectivity index (χ0n) is 19.2. The van der Waals surface area contributed by atoms with Crippen molar-refractivity contribution in [3.8, 4) is 0 Å². The van der Waals surface area contributed by atoms with Crippen molar-refractivity contribution in [2.75, 3.05) is 31.1 Å². The van der Waals surface area contributed by atoms with E-state index in [1.54, 1.807) is 27.8 Å². The molecule has 0 saturated carbocycles. The summed E-state index contributed by atoms with van der Waals surface area (Å²) in [5.74, 6) is -0.450. The van der Waals surface area contributed by atoms with Gasteiger partial charge in [-0.15, -0.1) is 0 Å². The number of alkyl halides is 3. The molecule has 1 fully saturated rings. The second kappa shape index (κ2) is 9.44. The van der Waals surface area contributed by atoms with Crippen LogP contribution < -0.4 is 10.5 Å². The van der Waals surface area contributed by atoms with E-state index < -0.39 is 17.6 Å². The molecule has 36 heavy (non-hydrogen) atoms. The van der Waals surface area contributed by atoms with Crippen LogP contribution in [-0.2, 0) is 12.7 Å². The third-order valence-electron chi connectivity index (χ3n) is 6.20. The minimum Gasteiger partial charge on any atom is -0.348 e. The highest BCUT2D eigenvalue weighted by Crippen LogP contribution is 2.32. The minimum absolute atomic E-state index is 0.163. The lowest BCUT2D eigenvalue weighted by atomic mass is 10.1. The van der Waals surface area contributed by atoms with E-state index in [1.807, 2.05) is 30.3 Å². The molecule has 184 valence electrons. The molecule has 0 atom stereocenters. The van der Waals surface area contributed by atoms with Gasteiger partial charge in [0.2, 0.25) is 0 Å². The van der Waals surface area contributed by atoms with Gasteiger partial charge in [-0.3, -0.25) is 14.2 Å². The maximum Gasteiger partial charge on any atom is 0.417 e. The number of halogens is 3. The molecule has 0 spiro atoms. The normalized spacial score (nSPS) is 14.3. The van der Waals surface area contributed by atoms with E-state index in [0.29, 0.717) is 17.7 Å². The van der Waals surface area contributed by atoms with Crippen molar-refractivity contribution in [2.24, 2.45) is 0 Å². The number of nitrogens with zero attached hydrogens (tertiary/aromatic N) is 5. The summed E-state index contributed by atoms with van der Waals surface area (Å²) >= 11 is 0. The third-order valence-corrected chi connectivity index (χ3v) is 6.20. The van der Waals surface area contributed by atoms with Gasteiger partial charge in [-0.2, -0.15) is 13.2 Å². The Morgan fingerprint density at radius 2 is 1.58 bits per heavy atom. The highest BCUT2D eigenvalue weighted by atomic mass is 19.4. The Bertz CT molecular complexity index is 1460. The van der Waals surface area contributed by atoms with Crippen molar-refractivity contribution >= 4 is 22.9 Å². The Labute approximate surface area is 204 Å². The van der Waals surface area contributed by atoms with Gasteiger partial charge in [0.15, 0.2) is 11.5 Å². The molecule has 10 heteroatoms. The molecule has 0 N–H and O–H groups in total. The zero-order valence-corrected chi connectivity index (χ0v) is 19.2. The van der Waals surface area contributed by atoms with E-state index in [4.69, 9.17) is 0 Å². The van der Waals surface area contributed by atoms with Crippen molar-refractivity contribution in [1.29, 1.82) is 0 Å². The molecule has 0 bridgehead atoms. The SMILES string of the molecule is O=C(c1ccccc1C(F)(F)F)N1CCN(c2nc3cccnc3n(Cc3ccccc3)c2=O)CC1. The van der Waals surface area contributed by atoms with Crippen molar-refractivity contribution in [3.63, 3.8) is 0 Å². The second-order valence-electron chi connectivity index (χ2n) is 8.48. The molecule has 1 aliphatic rings. The van der Waals surface area contributed by atoms with Crippen molar-refractivity contribution in [3.05, 3.63) is 100.0 Å². The number of carbonyl (C=O) groups is 1. The van der Waals surface area contributed by atoms with Crippen LogP contribution in [-0.4, -0.2) is 51.5 Å². The minimum atomic E-state index is -4.62. The van der Waals surface area contributed by atoms with Crippen LogP contribution in [0.5, 0.6) is 0 Å². The third kappa shape index (κ3) is 4.53. The fraction of sp³-hybridized carbons (Fsp3) is 0.231. The molecular weight excluding hydrogens is 471 g/mol. The van der Waals surface area contributed by atoms with Gasteiger partial charge in [0.25, 0.3) is 11.5 Å². The highest BCUT2D eigenvalue weighted by molar-refractivity contribution is 5.96. The van der Waals surface area contributed by atoms with Gasteiger partial charge in [-0.05, 0) is 29.8 Å². The number of anilines is 1. The first-order valence-corrected chi connectivity index (χ1v) is 11.4. The summed E-state index contributed by atoms with van der Waals surface area (Å²) in [4.78, 5) is 38.5. The maximum atomic E-state index is 13.5. The lowest BCUT2D eigenvalue weighted by molar-refractivity contribution is -0.138. The number of hydrogen-bond donors (Lipinski definition) is 0. The number of pyridine rings is 1. The summed E-state index contributed by atoms with van der Waals surface area (Å²) in [6.45, 7) is 1.17. The van der Waals surface area contributed by atoms with Crippen LogP contribution in [0.25, 0.3) is 11.2 Å². The number of rotatable bonds is 4. The molecule has 2 aromatic carbocycles. The number of amides is 1. The lowest BCUT2D eigenvalue weighted by Crippen LogP contribution is -2.51. The lowest BCUT2D eigenvalue weighted by Gasteiger charge is -2.35. The summed E-state index contributed by atoms with van der Waals surface area (Å²) in [7, 11) is 0. The Hall–Kier alpha value is -4.21. The second-order valence-corrected chi connectivity index (χ2v) is 8.48. The molecule has 4 aromatic rings. The fourth-order valence-corrected chi connectivity index (χ4v) is 4.39. The van der Waals surface area contributed by atoms with Gasteiger partial charge >= 0.3 is 6.18 Å². The van der Waals surface area contributed by atoms with Crippen LogP contribution >= 0.6 is 0 Å². The molecule has 2 aromatic heterocycles. The largest absolute Gasteiger partial charge is 0.417 e. The van der Waals surface area contributed by atoms with Crippen LogP contribution in [0.2, 0.25) is 0 Å². The first-order valence-electron chi connectivity index (χ1n) is 11.4. The molecular formula is C26H22F3N5O2. The van der Waals surface area contributed by atoms with Gasteiger partial charge in [-0.1, -0.05) is 42.5 Å². The van der Waals surface area contributed by atoms with Gasteiger partial charge in [-0.25, -0.2) is 9.97 Å². The van der Waals surface area contributed by atoms with Gasteiger partial charge < -0.3 is 9.80 Å². The van der Waals surface area contributed by atoms with Gasteiger partial charge in [0.05, 0.1) is 17.7 Å². The molecule has 0 unspecified atom stereocenters. The number of carbonyl (C=O) groups excluding carboxylic acids is 1. The van der Waals surface area contributed by atoms with E-state index in [9.17, 15) is 22.8 Å². The fourth-order valence-electron chi connectivity index (χ4n) is 4.39. The molecule has 0 radical (unpaired) electrons. The van der Waals surface area contributed by atoms with E-state index in [2.05, 4.69) is 9.97 Å². The topological polar surface area (TPSA) is 71.3 Å². The summed E-state index contributed by atoms with van der Waals surface area (Å²) < 4.78 is 41.8. The van der Waals surface area contributed by atoms with Crippen LogP contribution in [0.1, 0.15) is 21.5 Å². The Balaban J connectivity index is 1.41. The molecule has 3 heterocycles. The standard InChI is InChI=1S/C26H22F3N5O2/c27-26(28,29)20-10-5-4-9-19(20)24(35)33-15-13-32(14-16-33)23-25(36)34(17-18-7-2-1-3-8-18)22-21(31-23)11-6-12-30-22/h1-12H,13-17H2. The summed E-state index contributed by atoms with van der Waals surface area (Å²) in [5.41, 5.74) is 0.312. The number of aromatic nitrogens is 3. The van der Waals surface area contributed by atoms with Crippen LogP contribution in [0.3, 0.4) is 0 Å². The van der Waals surface area contributed by atoms with Crippen LogP contribution in [0.15, 0.2) is 77.7 Å². The monoisotopic (exact) mass is 493 g/mol. The molecule has 1 amide bonds. The van der Waals surface area contributed by atoms with Crippen LogP contribution in [0, 0.1) is 0 Å². The van der Waals surface area contributed by atoms with Crippen molar-refractivity contribution in [2.45, 2.75) is 12.7 Å². The van der Waals surface area contributed by atoms with E-state index in [1.165, 1.54) is 23.1 Å². The number of piperazine rings is 1. The predicted octanol–water partition coefficient (Wildman–Crippen LogP) is 3.82. The van der Waals surface area contributed by atoms with Crippen LogP contribution in [0.4, 0.5) is 19.0 Å². The average Bonchev–Trinajstić information content (AvgIpc) is 2.90. The highest BCUT2D eigenvalue weighted by Gasteiger charge is 2.36. The van der Waals surface area contributed by atoms with E-state index in [-0.39, 0.29) is 43.1 Å². The molecule has 1 saturated heterocycles. The summed E-state index contributed by atoms with van der Waals surface area (Å²) in [5, 5.41) is 0. The van der Waals surface area contributed by atoms with Gasteiger partial charge in [0.1, 0.15) is 5.52 Å². The maximum absolute atomic E-state index is 13.5. The van der Waals surface area contributed by atoms with Crippen molar-refractivity contribution in [1.82, 2.24) is 19.4 Å². The van der Waals surface area contributed by atoms with E-state index >= 15 is 0 Å². The quantitative estimate of drug-likeness (QED) is 0.432. The number of fused-ring (bicyclic) bond motifs is 1.